The molecule has 3 rings (SSSR count). The minimum Gasteiger partial charge on any atom is -0.312 e. The summed E-state index contributed by atoms with van der Waals surface area (Å²) in [5.41, 5.74) is 4.12. The van der Waals surface area contributed by atoms with Crippen molar-refractivity contribution >= 4 is 27.7 Å². The fourth-order valence-electron chi connectivity index (χ4n) is 2.47. The Morgan fingerprint density at radius 3 is 3.00 bits per heavy atom. The minimum atomic E-state index is -0.124. The predicted molar refractivity (Wildman–Crippen MR) is 86.5 cm³/mol. The average molecular weight is 346 g/mol. The highest BCUT2D eigenvalue weighted by Gasteiger charge is 2.13. The molecular formula is C16H16BrN3O. The first kappa shape index (κ1) is 14.2. The van der Waals surface area contributed by atoms with Crippen LogP contribution in [0.4, 0.5) is 5.82 Å². The van der Waals surface area contributed by atoms with Crippen molar-refractivity contribution in [1.82, 2.24) is 10.3 Å². The highest BCUT2D eigenvalue weighted by atomic mass is 79.9. The number of anilines is 1. The maximum Gasteiger partial charge on any atom is 0.256 e. The second kappa shape index (κ2) is 5.95. The summed E-state index contributed by atoms with van der Waals surface area (Å²) in [5, 5.41) is 6.19. The van der Waals surface area contributed by atoms with Gasteiger partial charge in [0, 0.05) is 22.8 Å². The summed E-state index contributed by atoms with van der Waals surface area (Å²) in [6.07, 6.45) is 2.70. The van der Waals surface area contributed by atoms with E-state index in [1.54, 1.807) is 6.20 Å². The average Bonchev–Trinajstić information content (AvgIpc) is 2.49. The molecule has 2 aromatic rings. The van der Waals surface area contributed by atoms with Crippen molar-refractivity contribution in [3.05, 3.63) is 57.2 Å². The lowest BCUT2D eigenvalue weighted by molar-refractivity contribution is 0.102. The van der Waals surface area contributed by atoms with Crippen molar-refractivity contribution in [2.45, 2.75) is 19.9 Å². The van der Waals surface area contributed by atoms with E-state index in [1.165, 1.54) is 11.1 Å². The molecule has 1 aliphatic heterocycles. The Bertz CT molecular complexity index is 700. The predicted octanol–water partition coefficient (Wildman–Crippen LogP) is 3.05. The van der Waals surface area contributed by atoms with Crippen LogP contribution >= 0.6 is 15.9 Å². The molecule has 0 saturated carbocycles. The zero-order valence-corrected chi connectivity index (χ0v) is 13.3. The standard InChI is InChI=1S/C16H16BrN3O/c1-10-6-14(17)9-19-15(10)20-16(21)12-3-2-11-4-5-18-8-13(11)7-12/h2-3,6-7,9,18H,4-5,8H2,1H3,(H,19,20,21). The molecule has 2 heterocycles. The highest BCUT2D eigenvalue weighted by Crippen LogP contribution is 2.19. The second-order valence-corrected chi connectivity index (χ2v) is 6.10. The molecule has 1 aromatic carbocycles. The summed E-state index contributed by atoms with van der Waals surface area (Å²) >= 11 is 3.37. The summed E-state index contributed by atoms with van der Waals surface area (Å²) in [6.45, 7) is 3.75. The molecular weight excluding hydrogens is 330 g/mol. The molecule has 0 spiro atoms. The molecule has 1 aliphatic rings. The summed E-state index contributed by atoms with van der Waals surface area (Å²) in [4.78, 5) is 16.6. The van der Waals surface area contributed by atoms with Gasteiger partial charge in [-0.25, -0.2) is 4.98 Å². The normalized spacial score (nSPS) is 13.6. The quantitative estimate of drug-likeness (QED) is 0.879. The van der Waals surface area contributed by atoms with E-state index in [9.17, 15) is 4.79 Å². The van der Waals surface area contributed by atoms with E-state index in [0.717, 1.165) is 29.5 Å². The Hall–Kier alpha value is -1.72. The summed E-state index contributed by atoms with van der Waals surface area (Å²) < 4.78 is 0.901. The zero-order chi connectivity index (χ0) is 14.8. The lowest BCUT2D eigenvalue weighted by atomic mass is 9.98. The number of carbonyl (C=O) groups excluding carboxylic acids is 1. The van der Waals surface area contributed by atoms with E-state index in [4.69, 9.17) is 0 Å². The van der Waals surface area contributed by atoms with E-state index < -0.39 is 0 Å². The molecule has 0 aliphatic carbocycles. The van der Waals surface area contributed by atoms with Crippen molar-refractivity contribution in [3.8, 4) is 0 Å². The van der Waals surface area contributed by atoms with Crippen LogP contribution in [0.3, 0.4) is 0 Å². The topological polar surface area (TPSA) is 54.0 Å². The number of benzene rings is 1. The number of aryl methyl sites for hydroxylation is 1. The van der Waals surface area contributed by atoms with Crippen LogP contribution in [0.1, 0.15) is 27.0 Å². The molecule has 4 nitrogen and oxygen atoms in total. The van der Waals surface area contributed by atoms with Crippen molar-refractivity contribution < 1.29 is 4.79 Å². The molecule has 5 heteroatoms. The first-order valence-electron chi connectivity index (χ1n) is 6.89. The second-order valence-electron chi connectivity index (χ2n) is 5.18. The first-order valence-corrected chi connectivity index (χ1v) is 7.69. The SMILES string of the molecule is Cc1cc(Br)cnc1NC(=O)c1ccc2c(c1)CNCC2. The van der Waals surface area contributed by atoms with Gasteiger partial charge in [-0.1, -0.05) is 6.07 Å². The van der Waals surface area contributed by atoms with Gasteiger partial charge in [0.15, 0.2) is 0 Å². The molecule has 21 heavy (non-hydrogen) atoms. The number of halogens is 1. The van der Waals surface area contributed by atoms with Crippen LogP contribution in [-0.4, -0.2) is 17.4 Å². The van der Waals surface area contributed by atoms with Crippen molar-refractivity contribution in [2.75, 3.05) is 11.9 Å². The van der Waals surface area contributed by atoms with E-state index in [0.29, 0.717) is 11.4 Å². The van der Waals surface area contributed by atoms with Gasteiger partial charge in [-0.05, 0) is 70.7 Å². The molecule has 0 saturated heterocycles. The number of nitrogens with one attached hydrogen (secondary N) is 2. The van der Waals surface area contributed by atoms with Gasteiger partial charge >= 0.3 is 0 Å². The van der Waals surface area contributed by atoms with Crippen LogP contribution in [-0.2, 0) is 13.0 Å². The van der Waals surface area contributed by atoms with E-state index in [-0.39, 0.29) is 5.91 Å². The fourth-order valence-corrected chi connectivity index (χ4v) is 2.92. The number of hydrogen-bond donors (Lipinski definition) is 2. The number of rotatable bonds is 2. The maximum absolute atomic E-state index is 12.4. The van der Waals surface area contributed by atoms with Gasteiger partial charge in [0.2, 0.25) is 0 Å². The molecule has 1 amide bonds. The van der Waals surface area contributed by atoms with Crippen LogP contribution in [0, 0.1) is 6.92 Å². The van der Waals surface area contributed by atoms with Gasteiger partial charge in [0.25, 0.3) is 5.91 Å². The Morgan fingerprint density at radius 2 is 2.19 bits per heavy atom. The van der Waals surface area contributed by atoms with Gasteiger partial charge in [-0.15, -0.1) is 0 Å². The molecule has 108 valence electrons. The zero-order valence-electron chi connectivity index (χ0n) is 11.7. The minimum absolute atomic E-state index is 0.124. The molecule has 0 atom stereocenters. The number of hydrogen-bond acceptors (Lipinski definition) is 3. The van der Waals surface area contributed by atoms with Crippen molar-refractivity contribution in [1.29, 1.82) is 0 Å². The van der Waals surface area contributed by atoms with E-state index >= 15 is 0 Å². The molecule has 0 unspecified atom stereocenters. The number of amides is 1. The Morgan fingerprint density at radius 1 is 1.33 bits per heavy atom. The number of pyridine rings is 1. The van der Waals surface area contributed by atoms with Crippen molar-refractivity contribution in [2.24, 2.45) is 0 Å². The smallest absolute Gasteiger partial charge is 0.256 e. The van der Waals surface area contributed by atoms with Gasteiger partial charge in [0.05, 0.1) is 0 Å². The Balaban J connectivity index is 1.82. The van der Waals surface area contributed by atoms with Gasteiger partial charge in [-0.2, -0.15) is 0 Å². The van der Waals surface area contributed by atoms with Gasteiger partial charge in [0.1, 0.15) is 5.82 Å². The summed E-state index contributed by atoms with van der Waals surface area (Å²) in [7, 11) is 0. The lowest BCUT2D eigenvalue weighted by Gasteiger charge is -2.17. The van der Waals surface area contributed by atoms with Crippen LogP contribution in [0.5, 0.6) is 0 Å². The largest absolute Gasteiger partial charge is 0.312 e. The van der Waals surface area contributed by atoms with Crippen LogP contribution in [0.25, 0.3) is 0 Å². The molecule has 0 radical (unpaired) electrons. The fraction of sp³-hybridized carbons (Fsp3) is 0.250. The third kappa shape index (κ3) is 3.14. The number of nitrogens with zero attached hydrogens (tertiary/aromatic N) is 1. The molecule has 0 fully saturated rings. The maximum atomic E-state index is 12.4. The van der Waals surface area contributed by atoms with Crippen LogP contribution < -0.4 is 10.6 Å². The summed E-state index contributed by atoms with van der Waals surface area (Å²) in [6, 6.07) is 7.82. The Labute approximate surface area is 132 Å². The first-order chi connectivity index (χ1) is 10.1. The van der Waals surface area contributed by atoms with Crippen molar-refractivity contribution in [3.63, 3.8) is 0 Å². The highest BCUT2D eigenvalue weighted by molar-refractivity contribution is 9.10. The molecule has 2 N–H and O–H groups in total. The number of carbonyl (C=O) groups is 1. The Kier molecular flexibility index (Phi) is 4.03. The summed E-state index contributed by atoms with van der Waals surface area (Å²) in [5.74, 6) is 0.473. The molecule has 0 bridgehead atoms. The monoisotopic (exact) mass is 345 g/mol. The van der Waals surface area contributed by atoms with Gasteiger partial charge < -0.3 is 10.6 Å². The molecule has 1 aromatic heterocycles. The number of aromatic nitrogens is 1. The third-order valence-electron chi connectivity index (χ3n) is 3.63. The number of fused-ring (bicyclic) bond motifs is 1. The van der Waals surface area contributed by atoms with Gasteiger partial charge in [-0.3, -0.25) is 4.79 Å². The van der Waals surface area contributed by atoms with E-state index in [2.05, 4.69) is 31.5 Å². The van der Waals surface area contributed by atoms with Crippen LogP contribution in [0.2, 0.25) is 0 Å². The lowest BCUT2D eigenvalue weighted by Crippen LogP contribution is -2.24. The third-order valence-corrected chi connectivity index (χ3v) is 4.07. The van der Waals surface area contributed by atoms with E-state index in [1.807, 2.05) is 31.2 Å². The van der Waals surface area contributed by atoms with Crippen LogP contribution in [0.15, 0.2) is 34.9 Å².